The Morgan fingerprint density at radius 1 is 1.00 bits per heavy atom. The van der Waals surface area contributed by atoms with Crippen LogP contribution in [0.25, 0.3) is 0 Å². The molecule has 5 aliphatic rings. The van der Waals surface area contributed by atoms with Crippen LogP contribution in [-0.4, -0.2) is 11.1 Å². The van der Waals surface area contributed by atoms with E-state index in [-0.39, 0.29) is 5.92 Å². The van der Waals surface area contributed by atoms with Gasteiger partial charge >= 0.3 is 5.97 Å². The molecular weight excluding hydrogens is 308 g/mol. The first-order valence-electron chi connectivity index (χ1n) is 10.7. The molecule has 0 spiro atoms. The number of hydrogen-bond acceptors (Lipinski definition) is 1. The molecule has 0 heterocycles. The van der Waals surface area contributed by atoms with E-state index in [1.807, 2.05) is 0 Å². The highest BCUT2D eigenvalue weighted by Crippen LogP contribution is 2.77. The largest absolute Gasteiger partial charge is 0.481 e. The highest BCUT2D eigenvalue weighted by Gasteiger charge is 2.72. The topological polar surface area (TPSA) is 37.3 Å². The molecule has 0 aromatic heterocycles. The van der Waals surface area contributed by atoms with Crippen LogP contribution in [0.1, 0.15) is 65.7 Å². The van der Waals surface area contributed by atoms with E-state index in [0.29, 0.717) is 34.5 Å². The first kappa shape index (κ1) is 16.4. The molecule has 7 unspecified atom stereocenters. The number of fused-ring (bicyclic) bond motifs is 9. The maximum atomic E-state index is 11.8. The van der Waals surface area contributed by atoms with E-state index >= 15 is 0 Å². The summed E-state index contributed by atoms with van der Waals surface area (Å²) in [7, 11) is 0. The molecule has 4 fully saturated rings. The van der Waals surface area contributed by atoms with Crippen molar-refractivity contribution in [2.75, 3.05) is 0 Å². The van der Waals surface area contributed by atoms with Gasteiger partial charge in [-0.3, -0.25) is 4.79 Å². The monoisotopic (exact) mass is 342 g/mol. The number of carboxylic acid groups (broad SMARTS) is 1. The zero-order chi connectivity index (χ0) is 17.6. The molecule has 4 saturated carbocycles. The average Bonchev–Trinajstić information content (AvgIpc) is 3.31. The van der Waals surface area contributed by atoms with Crippen molar-refractivity contribution in [3.05, 3.63) is 12.2 Å². The third-order valence-electron chi connectivity index (χ3n) is 9.55. The summed E-state index contributed by atoms with van der Waals surface area (Å²) in [5.74, 6) is 4.51. The number of carboxylic acids is 1. The first-order valence-corrected chi connectivity index (χ1v) is 10.7. The summed E-state index contributed by atoms with van der Waals surface area (Å²) in [4.78, 5) is 11.8. The van der Waals surface area contributed by atoms with E-state index in [9.17, 15) is 9.90 Å². The predicted octanol–water partition coefficient (Wildman–Crippen LogP) is 5.39. The molecule has 0 aliphatic heterocycles. The number of rotatable bonds is 2. The second-order valence-electron chi connectivity index (χ2n) is 11.1. The Bertz CT molecular complexity index is 606. The predicted molar refractivity (Wildman–Crippen MR) is 98.9 cm³/mol. The summed E-state index contributed by atoms with van der Waals surface area (Å²) in [5, 5.41) is 9.73. The second-order valence-corrected chi connectivity index (χ2v) is 11.1. The van der Waals surface area contributed by atoms with Crippen LogP contribution in [0.5, 0.6) is 0 Å². The highest BCUT2D eigenvalue weighted by molar-refractivity contribution is 5.71. The van der Waals surface area contributed by atoms with E-state index in [0.717, 1.165) is 24.2 Å². The number of hydrogen-bond donors (Lipinski definition) is 1. The van der Waals surface area contributed by atoms with Gasteiger partial charge in [0.2, 0.25) is 0 Å². The molecule has 138 valence electrons. The number of carbonyl (C=O) groups is 1. The van der Waals surface area contributed by atoms with Crippen molar-refractivity contribution < 1.29 is 9.90 Å². The van der Waals surface area contributed by atoms with E-state index in [4.69, 9.17) is 0 Å². The van der Waals surface area contributed by atoms with Gasteiger partial charge in [-0.15, -0.1) is 0 Å². The Kier molecular flexibility index (Phi) is 3.37. The van der Waals surface area contributed by atoms with Crippen molar-refractivity contribution in [3.63, 3.8) is 0 Å². The van der Waals surface area contributed by atoms with Gasteiger partial charge in [0.05, 0.1) is 5.92 Å². The van der Waals surface area contributed by atoms with Crippen LogP contribution in [0, 0.1) is 58.2 Å². The fourth-order valence-electron chi connectivity index (χ4n) is 8.77. The molecule has 0 saturated heterocycles. The zero-order valence-corrected chi connectivity index (χ0v) is 16.1. The lowest BCUT2D eigenvalue weighted by Gasteiger charge is -2.54. The lowest BCUT2D eigenvalue weighted by molar-refractivity contribution is -0.147. The number of aliphatic carboxylic acids is 1. The Hall–Kier alpha value is -0.790. The quantitative estimate of drug-likeness (QED) is 0.540. The average molecular weight is 343 g/mol. The van der Waals surface area contributed by atoms with Gasteiger partial charge in [-0.2, -0.15) is 0 Å². The minimum Gasteiger partial charge on any atom is -0.481 e. The van der Waals surface area contributed by atoms with E-state index in [1.165, 1.54) is 38.5 Å². The molecule has 0 amide bonds. The van der Waals surface area contributed by atoms with Crippen molar-refractivity contribution in [1.82, 2.24) is 0 Å². The van der Waals surface area contributed by atoms with Crippen molar-refractivity contribution in [1.29, 1.82) is 0 Å². The Balaban J connectivity index is 1.45. The van der Waals surface area contributed by atoms with Crippen molar-refractivity contribution in [2.45, 2.75) is 65.7 Å². The second kappa shape index (κ2) is 5.14. The van der Waals surface area contributed by atoms with Crippen LogP contribution in [0.2, 0.25) is 0 Å². The molecule has 5 aliphatic carbocycles. The SMILES string of the molecule is CC(C)(C)C1CCC(C23C4C=CC(C4)C2C2CC3CC2C(=O)O)CC1. The first-order chi connectivity index (χ1) is 11.8. The fraction of sp³-hybridized carbons (Fsp3) is 0.870. The van der Waals surface area contributed by atoms with Crippen LogP contribution in [0.3, 0.4) is 0 Å². The van der Waals surface area contributed by atoms with Crippen LogP contribution in [-0.2, 0) is 4.79 Å². The van der Waals surface area contributed by atoms with Crippen LogP contribution >= 0.6 is 0 Å². The lowest BCUT2D eigenvalue weighted by atomic mass is 9.50. The Morgan fingerprint density at radius 3 is 2.36 bits per heavy atom. The molecule has 7 atom stereocenters. The Morgan fingerprint density at radius 2 is 1.72 bits per heavy atom. The van der Waals surface area contributed by atoms with Crippen molar-refractivity contribution in [2.24, 2.45) is 58.2 Å². The minimum absolute atomic E-state index is 0.0400. The fourth-order valence-corrected chi connectivity index (χ4v) is 8.77. The summed E-state index contributed by atoms with van der Waals surface area (Å²) in [6.45, 7) is 7.23. The van der Waals surface area contributed by atoms with Gasteiger partial charge in [0, 0.05) is 0 Å². The van der Waals surface area contributed by atoms with Gasteiger partial charge in [-0.25, -0.2) is 0 Å². The Labute approximate surface area is 152 Å². The van der Waals surface area contributed by atoms with Crippen molar-refractivity contribution in [3.8, 4) is 0 Å². The van der Waals surface area contributed by atoms with E-state index in [1.54, 1.807) is 0 Å². The van der Waals surface area contributed by atoms with Gasteiger partial charge in [0.1, 0.15) is 0 Å². The summed E-state index contributed by atoms with van der Waals surface area (Å²) in [5.41, 5.74) is 0.929. The maximum Gasteiger partial charge on any atom is 0.306 e. The van der Waals surface area contributed by atoms with E-state index < -0.39 is 5.97 Å². The molecule has 5 rings (SSSR count). The van der Waals surface area contributed by atoms with Gasteiger partial charge in [-0.05, 0) is 97.2 Å². The van der Waals surface area contributed by atoms with Crippen molar-refractivity contribution >= 4 is 5.97 Å². The van der Waals surface area contributed by atoms with Gasteiger partial charge in [0.15, 0.2) is 0 Å². The molecule has 2 nitrogen and oxygen atoms in total. The zero-order valence-electron chi connectivity index (χ0n) is 16.1. The molecule has 0 aromatic carbocycles. The molecular formula is C23H34O2. The minimum atomic E-state index is -0.510. The summed E-state index contributed by atoms with van der Waals surface area (Å²) in [6.07, 6.45) is 14.1. The van der Waals surface area contributed by atoms with Crippen LogP contribution in [0.15, 0.2) is 12.2 Å². The lowest BCUT2D eigenvalue weighted by Crippen LogP contribution is -2.49. The third-order valence-corrected chi connectivity index (χ3v) is 9.55. The molecule has 4 bridgehead atoms. The standard InChI is InChI=1S/C23H34O2/c1-22(2,3)14-6-8-15(9-7-14)23-16-5-4-13(10-16)20(23)18-11-17(23)12-19(18)21(24)25/h4-5,13-20H,6-12H2,1-3H3,(H,24,25). The molecule has 25 heavy (non-hydrogen) atoms. The van der Waals surface area contributed by atoms with Crippen LogP contribution in [0.4, 0.5) is 0 Å². The normalized spacial score (nSPS) is 53.4. The smallest absolute Gasteiger partial charge is 0.306 e. The number of allylic oxidation sites excluding steroid dienone is 2. The molecule has 0 aromatic rings. The molecule has 1 N–H and O–H groups in total. The van der Waals surface area contributed by atoms with Gasteiger partial charge < -0.3 is 5.11 Å². The molecule has 0 radical (unpaired) electrons. The third kappa shape index (κ3) is 2.00. The van der Waals surface area contributed by atoms with E-state index in [2.05, 4.69) is 32.9 Å². The van der Waals surface area contributed by atoms with Crippen LogP contribution < -0.4 is 0 Å². The summed E-state index contributed by atoms with van der Waals surface area (Å²) in [6, 6.07) is 0. The van der Waals surface area contributed by atoms with Gasteiger partial charge in [0.25, 0.3) is 0 Å². The highest BCUT2D eigenvalue weighted by atomic mass is 16.4. The van der Waals surface area contributed by atoms with Gasteiger partial charge in [-0.1, -0.05) is 32.9 Å². The molecule has 2 heteroatoms. The summed E-state index contributed by atoms with van der Waals surface area (Å²) < 4.78 is 0. The maximum absolute atomic E-state index is 11.8. The summed E-state index contributed by atoms with van der Waals surface area (Å²) >= 11 is 0.